The molecular formula is C14H17N2O. The van der Waals surface area contributed by atoms with E-state index in [9.17, 15) is 0 Å². The van der Waals surface area contributed by atoms with Crippen molar-refractivity contribution in [3.63, 3.8) is 0 Å². The van der Waals surface area contributed by atoms with Crippen molar-refractivity contribution in [2.45, 2.75) is 26.2 Å². The van der Waals surface area contributed by atoms with E-state index in [0.29, 0.717) is 0 Å². The summed E-state index contributed by atoms with van der Waals surface area (Å²) in [6, 6.07) is 9.78. The highest BCUT2D eigenvalue weighted by atomic mass is 16.5. The first-order valence-electron chi connectivity index (χ1n) is 5.94. The summed E-state index contributed by atoms with van der Waals surface area (Å²) in [6.07, 6.45) is 6.51. The number of aromatic nitrogens is 2. The molecule has 1 radical (unpaired) electrons. The number of aryl methyl sites for hydroxylation is 1. The molecule has 0 unspecified atom stereocenters. The molecule has 1 heterocycles. The van der Waals surface area contributed by atoms with Crippen molar-refractivity contribution in [1.29, 1.82) is 0 Å². The van der Waals surface area contributed by atoms with Crippen LogP contribution in [0.2, 0.25) is 0 Å². The Balaban J connectivity index is 2.18. The summed E-state index contributed by atoms with van der Waals surface area (Å²) in [5, 5.41) is 4.50. The number of ether oxygens (including phenoxy) is 1. The van der Waals surface area contributed by atoms with Gasteiger partial charge in [0.15, 0.2) is 0 Å². The maximum atomic E-state index is 5.19. The van der Waals surface area contributed by atoms with Crippen LogP contribution < -0.4 is 4.74 Å². The summed E-state index contributed by atoms with van der Waals surface area (Å²) in [6.45, 7) is 2.18. The topological polar surface area (TPSA) is 27.1 Å². The van der Waals surface area contributed by atoms with Gasteiger partial charge in [-0.3, -0.25) is 0 Å². The Labute approximate surface area is 102 Å². The minimum atomic E-state index is 0.835. The molecule has 1 aromatic carbocycles. The second-order valence-corrected chi connectivity index (χ2v) is 3.98. The third-order valence-corrected chi connectivity index (χ3v) is 2.67. The first kappa shape index (κ1) is 11.7. The average Bonchev–Trinajstić information content (AvgIpc) is 2.85. The Morgan fingerprint density at radius 2 is 2.29 bits per heavy atom. The predicted octanol–water partition coefficient (Wildman–Crippen LogP) is 3.02. The lowest BCUT2D eigenvalue weighted by atomic mass is 10.2. The molecule has 3 nitrogen and oxygen atoms in total. The van der Waals surface area contributed by atoms with Crippen LogP contribution in [0.15, 0.2) is 30.3 Å². The predicted molar refractivity (Wildman–Crippen MR) is 67.6 cm³/mol. The van der Waals surface area contributed by atoms with Crippen molar-refractivity contribution in [2.24, 2.45) is 0 Å². The maximum absolute atomic E-state index is 5.19. The van der Waals surface area contributed by atoms with E-state index in [-0.39, 0.29) is 0 Å². The normalized spacial score (nSPS) is 10.5. The van der Waals surface area contributed by atoms with Gasteiger partial charge in [0, 0.05) is 6.07 Å². The van der Waals surface area contributed by atoms with Gasteiger partial charge in [0.25, 0.3) is 0 Å². The van der Waals surface area contributed by atoms with Crippen LogP contribution in [0.1, 0.15) is 25.5 Å². The van der Waals surface area contributed by atoms with Gasteiger partial charge in [-0.1, -0.05) is 19.4 Å². The highest BCUT2D eigenvalue weighted by Crippen LogP contribution is 2.16. The van der Waals surface area contributed by atoms with E-state index in [1.807, 2.05) is 30.3 Å². The zero-order valence-corrected chi connectivity index (χ0v) is 10.3. The second-order valence-electron chi connectivity index (χ2n) is 3.98. The lowest BCUT2D eigenvalue weighted by Gasteiger charge is -2.03. The van der Waals surface area contributed by atoms with Crippen LogP contribution in [0.5, 0.6) is 5.75 Å². The van der Waals surface area contributed by atoms with Crippen LogP contribution in [0.25, 0.3) is 5.69 Å². The Kier molecular flexibility index (Phi) is 3.81. The van der Waals surface area contributed by atoms with E-state index in [1.54, 1.807) is 11.8 Å². The molecule has 2 rings (SSSR count). The molecular weight excluding hydrogens is 212 g/mol. The number of nitrogens with zero attached hydrogens (tertiary/aromatic N) is 2. The first-order chi connectivity index (χ1) is 8.33. The fraction of sp³-hybridized carbons (Fsp3) is 0.357. The fourth-order valence-corrected chi connectivity index (χ4v) is 1.68. The standard InChI is InChI=1S/C14H17N2O/c1-3-4-6-12-9-10-16(15-12)13-7-5-8-14(11-13)17-2/h5,7-9,11H,3-4,6H2,1-2H3. The Bertz CT molecular complexity index is 477. The summed E-state index contributed by atoms with van der Waals surface area (Å²) in [5.41, 5.74) is 2.07. The highest BCUT2D eigenvalue weighted by Gasteiger charge is 2.02. The van der Waals surface area contributed by atoms with Crippen molar-refractivity contribution in [2.75, 3.05) is 7.11 Å². The van der Waals surface area contributed by atoms with E-state index in [4.69, 9.17) is 4.74 Å². The number of hydrogen-bond donors (Lipinski definition) is 0. The van der Waals surface area contributed by atoms with Crippen LogP contribution >= 0.6 is 0 Å². The second kappa shape index (κ2) is 5.53. The lowest BCUT2D eigenvalue weighted by Crippen LogP contribution is -1.97. The third kappa shape index (κ3) is 2.87. The molecule has 17 heavy (non-hydrogen) atoms. The van der Waals surface area contributed by atoms with Crippen LogP contribution in [-0.2, 0) is 6.42 Å². The minimum Gasteiger partial charge on any atom is -0.497 e. The number of unbranched alkanes of at least 4 members (excludes halogenated alkanes) is 1. The van der Waals surface area contributed by atoms with Gasteiger partial charge in [-0.25, -0.2) is 4.68 Å². The van der Waals surface area contributed by atoms with Gasteiger partial charge in [0.05, 0.1) is 24.7 Å². The van der Waals surface area contributed by atoms with Crippen molar-refractivity contribution in [3.05, 3.63) is 42.2 Å². The van der Waals surface area contributed by atoms with E-state index in [2.05, 4.69) is 18.2 Å². The monoisotopic (exact) mass is 229 g/mol. The Morgan fingerprint density at radius 3 is 3.06 bits per heavy atom. The van der Waals surface area contributed by atoms with E-state index in [0.717, 1.165) is 23.6 Å². The van der Waals surface area contributed by atoms with Gasteiger partial charge in [-0.15, -0.1) is 0 Å². The average molecular weight is 229 g/mol. The zero-order chi connectivity index (χ0) is 12.1. The highest BCUT2D eigenvalue weighted by molar-refractivity contribution is 5.38. The zero-order valence-electron chi connectivity index (χ0n) is 10.3. The molecule has 0 aliphatic carbocycles. The van der Waals surface area contributed by atoms with Gasteiger partial charge >= 0.3 is 0 Å². The molecule has 0 fully saturated rings. The summed E-state index contributed by atoms with van der Waals surface area (Å²) >= 11 is 0. The van der Waals surface area contributed by atoms with Crippen molar-refractivity contribution in [1.82, 2.24) is 9.78 Å². The van der Waals surface area contributed by atoms with E-state index >= 15 is 0 Å². The molecule has 0 bridgehead atoms. The number of benzene rings is 1. The molecule has 0 aliphatic heterocycles. The largest absolute Gasteiger partial charge is 0.497 e. The SMILES string of the molecule is CCCCc1c[c]n(-c2cccc(OC)c2)n1. The fourth-order valence-electron chi connectivity index (χ4n) is 1.68. The van der Waals surface area contributed by atoms with E-state index in [1.165, 1.54) is 12.8 Å². The van der Waals surface area contributed by atoms with Gasteiger partial charge in [0.2, 0.25) is 0 Å². The molecule has 1 aromatic heterocycles. The van der Waals surface area contributed by atoms with Crippen LogP contribution in [0, 0.1) is 6.20 Å². The van der Waals surface area contributed by atoms with Crippen molar-refractivity contribution in [3.8, 4) is 11.4 Å². The minimum absolute atomic E-state index is 0.835. The molecule has 2 aromatic rings. The number of methoxy groups -OCH3 is 1. The number of hydrogen-bond acceptors (Lipinski definition) is 2. The molecule has 0 saturated heterocycles. The van der Waals surface area contributed by atoms with Crippen molar-refractivity contribution < 1.29 is 4.74 Å². The van der Waals surface area contributed by atoms with Gasteiger partial charge in [0.1, 0.15) is 5.75 Å². The molecule has 89 valence electrons. The van der Waals surface area contributed by atoms with E-state index < -0.39 is 0 Å². The molecule has 0 atom stereocenters. The molecule has 3 heteroatoms. The molecule has 0 aliphatic rings. The van der Waals surface area contributed by atoms with Crippen LogP contribution in [-0.4, -0.2) is 16.9 Å². The maximum Gasteiger partial charge on any atom is 0.121 e. The quantitative estimate of drug-likeness (QED) is 0.788. The lowest BCUT2D eigenvalue weighted by molar-refractivity contribution is 0.414. The molecule has 0 spiro atoms. The van der Waals surface area contributed by atoms with Crippen LogP contribution in [0.4, 0.5) is 0 Å². The van der Waals surface area contributed by atoms with Gasteiger partial charge in [-0.05, 0) is 31.0 Å². The van der Waals surface area contributed by atoms with Crippen LogP contribution in [0.3, 0.4) is 0 Å². The summed E-state index contributed by atoms with van der Waals surface area (Å²) < 4.78 is 6.96. The van der Waals surface area contributed by atoms with Gasteiger partial charge in [-0.2, -0.15) is 5.10 Å². The summed E-state index contributed by atoms with van der Waals surface area (Å²) in [7, 11) is 1.67. The smallest absolute Gasteiger partial charge is 0.121 e. The Morgan fingerprint density at radius 1 is 1.41 bits per heavy atom. The number of rotatable bonds is 5. The summed E-state index contributed by atoms with van der Waals surface area (Å²) in [5.74, 6) is 0.835. The Hall–Kier alpha value is -1.77. The summed E-state index contributed by atoms with van der Waals surface area (Å²) in [4.78, 5) is 0. The first-order valence-corrected chi connectivity index (χ1v) is 5.94. The molecule has 0 saturated carbocycles. The third-order valence-electron chi connectivity index (χ3n) is 2.67. The molecule has 0 amide bonds. The van der Waals surface area contributed by atoms with Gasteiger partial charge < -0.3 is 4.74 Å². The van der Waals surface area contributed by atoms with Crippen molar-refractivity contribution >= 4 is 0 Å². The molecule has 0 N–H and O–H groups in total.